The van der Waals surface area contributed by atoms with Gasteiger partial charge >= 0.3 is 0 Å². The monoisotopic (exact) mass is 363 g/mol. The summed E-state index contributed by atoms with van der Waals surface area (Å²) in [4.78, 5) is 33.6. The van der Waals surface area contributed by atoms with Crippen LogP contribution in [0.4, 0.5) is 11.8 Å². The number of carbonyl (C=O) groups excluding carboxylic acids is 1. The van der Waals surface area contributed by atoms with E-state index in [1.807, 2.05) is 29.2 Å². The van der Waals surface area contributed by atoms with Crippen molar-refractivity contribution in [3.8, 4) is 0 Å². The maximum Gasteiger partial charge on any atom is 0.225 e. The molecule has 0 unspecified atom stereocenters. The average molecular weight is 363 g/mol. The number of benzene rings is 1. The Bertz CT molecular complexity index is 905. The van der Waals surface area contributed by atoms with E-state index < -0.39 is 0 Å². The fraction of sp³-hybridized carbons (Fsp3) is 0.316. The minimum atomic E-state index is 0.148. The van der Waals surface area contributed by atoms with Gasteiger partial charge in [-0.3, -0.25) is 4.79 Å². The van der Waals surface area contributed by atoms with Crippen molar-refractivity contribution < 1.29 is 4.79 Å². The van der Waals surface area contributed by atoms with Crippen molar-refractivity contribution in [2.75, 3.05) is 42.9 Å². The number of amides is 1. The molecule has 2 aromatic heterocycles. The van der Waals surface area contributed by atoms with Crippen LogP contribution in [-0.4, -0.2) is 63.5 Å². The highest BCUT2D eigenvalue weighted by Crippen LogP contribution is 2.18. The Kier molecular flexibility index (Phi) is 5.04. The summed E-state index contributed by atoms with van der Waals surface area (Å²) in [6, 6.07) is 9.63. The molecule has 4 rings (SSSR count). The van der Waals surface area contributed by atoms with Crippen LogP contribution in [0.3, 0.4) is 0 Å². The molecule has 0 bridgehead atoms. The van der Waals surface area contributed by atoms with E-state index in [0.29, 0.717) is 26.1 Å². The van der Waals surface area contributed by atoms with E-state index in [9.17, 15) is 4.79 Å². The van der Waals surface area contributed by atoms with Gasteiger partial charge in [-0.15, -0.1) is 0 Å². The second kappa shape index (κ2) is 7.94. The number of hydrogen-bond donors (Lipinski definition) is 1. The summed E-state index contributed by atoms with van der Waals surface area (Å²) in [5, 5.41) is 4.23. The predicted octanol–water partition coefficient (Wildman–Crippen LogP) is 1.57. The predicted molar refractivity (Wildman–Crippen MR) is 103 cm³/mol. The Balaban J connectivity index is 1.28. The van der Waals surface area contributed by atoms with Gasteiger partial charge < -0.3 is 15.1 Å². The molecule has 1 N–H and O–H groups in total. The summed E-state index contributed by atoms with van der Waals surface area (Å²) < 4.78 is 0. The van der Waals surface area contributed by atoms with Crippen LogP contribution >= 0.6 is 0 Å². The quantitative estimate of drug-likeness (QED) is 0.736. The SMILES string of the molecule is O=C(CCNc1ncnc2ccccc12)N1CCN(c2ncccn2)CC1. The van der Waals surface area contributed by atoms with Crippen LogP contribution in [0.2, 0.25) is 0 Å². The van der Waals surface area contributed by atoms with Crippen LogP contribution in [0.5, 0.6) is 0 Å². The van der Waals surface area contributed by atoms with Crippen molar-refractivity contribution in [2.24, 2.45) is 0 Å². The molecule has 1 aliphatic rings. The van der Waals surface area contributed by atoms with E-state index in [0.717, 1.165) is 35.8 Å². The zero-order valence-corrected chi connectivity index (χ0v) is 15.0. The molecule has 3 heterocycles. The van der Waals surface area contributed by atoms with Gasteiger partial charge in [0.1, 0.15) is 12.1 Å². The van der Waals surface area contributed by atoms with Crippen molar-refractivity contribution in [3.05, 3.63) is 49.1 Å². The largest absolute Gasteiger partial charge is 0.369 e. The molecular formula is C19H21N7O. The summed E-state index contributed by atoms with van der Waals surface area (Å²) in [6.45, 7) is 3.42. The fourth-order valence-corrected chi connectivity index (χ4v) is 3.20. The number of fused-ring (bicyclic) bond motifs is 1. The molecule has 1 aromatic carbocycles. The number of rotatable bonds is 5. The Hall–Kier alpha value is -3.29. The topological polar surface area (TPSA) is 87.1 Å². The van der Waals surface area contributed by atoms with Crippen LogP contribution in [0, 0.1) is 0 Å². The lowest BCUT2D eigenvalue weighted by Crippen LogP contribution is -2.49. The summed E-state index contributed by atoms with van der Waals surface area (Å²) in [6.07, 6.45) is 5.45. The summed E-state index contributed by atoms with van der Waals surface area (Å²) in [5.74, 6) is 1.64. The van der Waals surface area contributed by atoms with Crippen LogP contribution in [-0.2, 0) is 4.79 Å². The first-order valence-electron chi connectivity index (χ1n) is 9.04. The molecule has 1 aliphatic heterocycles. The number of piperazine rings is 1. The van der Waals surface area contributed by atoms with Crippen molar-refractivity contribution in [2.45, 2.75) is 6.42 Å². The molecule has 1 saturated heterocycles. The number of anilines is 2. The Morgan fingerprint density at radius 3 is 2.56 bits per heavy atom. The minimum absolute atomic E-state index is 0.148. The third-order valence-electron chi connectivity index (χ3n) is 4.64. The first-order chi connectivity index (χ1) is 13.3. The number of nitrogens with zero attached hydrogens (tertiary/aromatic N) is 6. The number of hydrogen-bond acceptors (Lipinski definition) is 7. The van der Waals surface area contributed by atoms with Gasteiger partial charge in [-0.2, -0.15) is 0 Å². The van der Waals surface area contributed by atoms with Gasteiger partial charge in [-0.25, -0.2) is 19.9 Å². The highest BCUT2D eigenvalue weighted by molar-refractivity contribution is 5.88. The van der Waals surface area contributed by atoms with Gasteiger partial charge in [0.05, 0.1) is 5.52 Å². The zero-order valence-electron chi connectivity index (χ0n) is 15.0. The van der Waals surface area contributed by atoms with E-state index >= 15 is 0 Å². The van der Waals surface area contributed by atoms with Crippen LogP contribution in [0.15, 0.2) is 49.1 Å². The molecule has 138 valence electrons. The molecule has 0 aliphatic carbocycles. The van der Waals surface area contributed by atoms with E-state index in [1.165, 1.54) is 6.33 Å². The molecule has 0 radical (unpaired) electrons. The number of aromatic nitrogens is 4. The maximum absolute atomic E-state index is 12.5. The van der Waals surface area contributed by atoms with Gasteiger partial charge in [-0.1, -0.05) is 12.1 Å². The molecule has 0 saturated carbocycles. The smallest absolute Gasteiger partial charge is 0.225 e. The van der Waals surface area contributed by atoms with Crippen molar-refractivity contribution in [1.82, 2.24) is 24.8 Å². The number of carbonyl (C=O) groups is 1. The first-order valence-corrected chi connectivity index (χ1v) is 9.04. The molecule has 8 heteroatoms. The highest BCUT2D eigenvalue weighted by atomic mass is 16.2. The lowest BCUT2D eigenvalue weighted by Gasteiger charge is -2.34. The lowest BCUT2D eigenvalue weighted by atomic mass is 10.2. The van der Waals surface area contributed by atoms with E-state index in [-0.39, 0.29) is 5.91 Å². The fourth-order valence-electron chi connectivity index (χ4n) is 3.20. The van der Waals surface area contributed by atoms with E-state index in [2.05, 4.69) is 30.2 Å². The summed E-state index contributed by atoms with van der Waals surface area (Å²) in [7, 11) is 0. The average Bonchev–Trinajstić information content (AvgIpc) is 2.74. The second-order valence-electron chi connectivity index (χ2n) is 6.33. The van der Waals surface area contributed by atoms with Crippen molar-refractivity contribution in [1.29, 1.82) is 0 Å². The summed E-state index contributed by atoms with van der Waals surface area (Å²) in [5.41, 5.74) is 0.889. The van der Waals surface area contributed by atoms with E-state index in [1.54, 1.807) is 18.5 Å². The van der Waals surface area contributed by atoms with E-state index in [4.69, 9.17) is 0 Å². The third-order valence-corrected chi connectivity index (χ3v) is 4.64. The summed E-state index contributed by atoms with van der Waals surface area (Å²) >= 11 is 0. The van der Waals surface area contributed by atoms with Crippen molar-refractivity contribution in [3.63, 3.8) is 0 Å². The lowest BCUT2D eigenvalue weighted by molar-refractivity contribution is -0.131. The Morgan fingerprint density at radius 2 is 1.74 bits per heavy atom. The molecular weight excluding hydrogens is 342 g/mol. The van der Waals surface area contributed by atoms with Gasteiger partial charge in [0.25, 0.3) is 0 Å². The molecule has 3 aromatic rings. The molecule has 27 heavy (non-hydrogen) atoms. The highest BCUT2D eigenvalue weighted by Gasteiger charge is 2.22. The molecule has 8 nitrogen and oxygen atoms in total. The molecule has 1 fully saturated rings. The van der Waals surface area contributed by atoms with Crippen molar-refractivity contribution >= 4 is 28.6 Å². The minimum Gasteiger partial charge on any atom is -0.369 e. The first kappa shape index (κ1) is 17.1. The van der Waals surface area contributed by atoms with Gasteiger partial charge in [0.2, 0.25) is 11.9 Å². The number of para-hydroxylation sites is 1. The van der Waals surface area contributed by atoms with Gasteiger partial charge in [0, 0.05) is 56.9 Å². The number of nitrogens with one attached hydrogen (secondary N) is 1. The Morgan fingerprint density at radius 1 is 0.963 bits per heavy atom. The molecule has 1 amide bonds. The normalized spacial score (nSPS) is 14.4. The second-order valence-corrected chi connectivity index (χ2v) is 6.33. The third kappa shape index (κ3) is 3.94. The van der Waals surface area contributed by atoms with Crippen LogP contribution < -0.4 is 10.2 Å². The zero-order chi connectivity index (χ0) is 18.5. The van der Waals surface area contributed by atoms with Gasteiger partial charge in [0.15, 0.2) is 0 Å². The van der Waals surface area contributed by atoms with Crippen LogP contribution in [0.25, 0.3) is 10.9 Å². The Labute approximate surface area is 157 Å². The van der Waals surface area contributed by atoms with Crippen LogP contribution in [0.1, 0.15) is 6.42 Å². The molecule has 0 spiro atoms. The van der Waals surface area contributed by atoms with Gasteiger partial charge in [-0.05, 0) is 18.2 Å². The molecule has 0 atom stereocenters. The standard InChI is InChI=1S/C19H21N7O/c27-17(25-10-12-26(13-11-25)19-21-7-3-8-22-19)6-9-20-18-15-4-1-2-5-16(15)23-14-24-18/h1-5,7-8,14H,6,9-13H2,(H,20,23,24). The maximum atomic E-state index is 12.5.